The molecule has 1 atom stereocenters. The van der Waals surface area contributed by atoms with E-state index in [1.165, 1.54) is 0 Å². The molecule has 0 saturated carbocycles. The molecule has 2 rings (SSSR count). The van der Waals surface area contributed by atoms with E-state index in [0.29, 0.717) is 12.0 Å². The predicted octanol–water partition coefficient (Wildman–Crippen LogP) is 2.05. The van der Waals surface area contributed by atoms with E-state index >= 15 is 0 Å². The van der Waals surface area contributed by atoms with Crippen molar-refractivity contribution in [3.63, 3.8) is 0 Å². The predicted molar refractivity (Wildman–Crippen MR) is 82.1 cm³/mol. The molecule has 0 aliphatic heterocycles. The highest BCUT2D eigenvalue weighted by molar-refractivity contribution is 6.16. The Morgan fingerprint density at radius 1 is 1.15 bits per heavy atom. The molecule has 2 aromatic carbocycles. The van der Waals surface area contributed by atoms with E-state index in [9.17, 15) is 4.79 Å². The van der Waals surface area contributed by atoms with Gasteiger partial charge in [-0.15, -0.1) is 0 Å². The van der Waals surface area contributed by atoms with Gasteiger partial charge in [0.15, 0.2) is 12.5 Å². The average molecular weight is 267 g/mol. The molecule has 0 saturated heterocycles. The smallest absolute Gasteiger partial charge is 0.158 e. The molecule has 3 N–H and O–H groups in total. The van der Waals surface area contributed by atoms with Crippen LogP contribution in [0.1, 0.15) is 11.1 Å². The van der Waals surface area contributed by atoms with Crippen molar-refractivity contribution in [2.75, 3.05) is 12.4 Å². The Balaban J connectivity index is 2.58. The highest BCUT2D eigenvalue weighted by atomic mass is 16.1. The molecule has 0 spiro atoms. The van der Waals surface area contributed by atoms with Crippen molar-refractivity contribution in [1.82, 2.24) is 0 Å². The Hall–Kier alpha value is -2.46. The molecule has 1 unspecified atom stereocenters. The van der Waals surface area contributed by atoms with E-state index in [2.05, 4.69) is 10.3 Å². The van der Waals surface area contributed by atoms with Gasteiger partial charge in [-0.2, -0.15) is 0 Å². The largest absolute Gasteiger partial charge is 0.388 e. The van der Waals surface area contributed by atoms with Crippen LogP contribution >= 0.6 is 0 Å². The summed E-state index contributed by atoms with van der Waals surface area (Å²) < 4.78 is 0. The molecule has 0 amide bonds. The third kappa shape index (κ3) is 3.10. The van der Waals surface area contributed by atoms with Crippen LogP contribution in [0.3, 0.4) is 0 Å². The van der Waals surface area contributed by atoms with E-state index in [-0.39, 0.29) is 0 Å². The van der Waals surface area contributed by atoms with Gasteiger partial charge in [0, 0.05) is 23.9 Å². The third-order valence-corrected chi connectivity index (χ3v) is 2.92. The second-order valence-electron chi connectivity index (χ2n) is 4.27. The van der Waals surface area contributed by atoms with Crippen LogP contribution in [0.5, 0.6) is 0 Å². The molecule has 0 heterocycles. The van der Waals surface area contributed by atoms with Crippen LogP contribution < -0.4 is 11.1 Å². The maximum atomic E-state index is 10.8. The number of aliphatic imine (C=N–C) groups is 1. The summed E-state index contributed by atoms with van der Waals surface area (Å²) >= 11 is 0. The summed E-state index contributed by atoms with van der Waals surface area (Å²) in [5.41, 5.74) is 9.14. The van der Waals surface area contributed by atoms with Gasteiger partial charge in [-0.3, -0.25) is 9.79 Å². The lowest BCUT2D eigenvalue weighted by molar-refractivity contribution is -0.108. The summed E-state index contributed by atoms with van der Waals surface area (Å²) in [5.74, 6) is 0. The van der Waals surface area contributed by atoms with Gasteiger partial charge >= 0.3 is 0 Å². The molecule has 102 valence electrons. The summed E-state index contributed by atoms with van der Waals surface area (Å²) in [7, 11) is 1.85. The topological polar surface area (TPSA) is 67.5 Å². The minimum absolute atomic E-state index is 0.630. The first-order valence-corrected chi connectivity index (χ1v) is 6.37. The first-order valence-electron chi connectivity index (χ1n) is 6.37. The Bertz CT molecular complexity index is 608. The second kappa shape index (κ2) is 6.63. The number of aldehydes is 1. The van der Waals surface area contributed by atoms with Crippen LogP contribution in [0.2, 0.25) is 0 Å². The van der Waals surface area contributed by atoms with Crippen LogP contribution in [-0.4, -0.2) is 25.2 Å². The van der Waals surface area contributed by atoms with E-state index in [4.69, 9.17) is 5.73 Å². The number of anilines is 1. The number of hydrogen-bond donors (Lipinski definition) is 2. The van der Waals surface area contributed by atoms with Crippen molar-refractivity contribution in [2.24, 2.45) is 10.7 Å². The highest BCUT2D eigenvalue weighted by Gasteiger charge is 2.12. The number of hydrogen-bond acceptors (Lipinski definition) is 4. The lowest BCUT2D eigenvalue weighted by atomic mass is 10.0. The van der Waals surface area contributed by atoms with Crippen LogP contribution in [0.4, 0.5) is 5.69 Å². The molecular weight excluding hydrogens is 250 g/mol. The molecular formula is C16H17N3O. The number of rotatable bonds is 5. The Morgan fingerprint density at radius 3 is 2.45 bits per heavy atom. The first-order chi connectivity index (χ1) is 9.76. The van der Waals surface area contributed by atoms with E-state index in [0.717, 1.165) is 16.8 Å². The standard InChI is InChI=1S/C16H17N3O/c1-18-14-10-6-5-9-13(14)16(19-15(17)11-20)12-7-3-2-4-8-12/h2-11,15,18H,17H2,1H3/b19-16-. The Labute approximate surface area is 118 Å². The summed E-state index contributed by atoms with van der Waals surface area (Å²) in [6.07, 6.45) is -0.236. The third-order valence-electron chi connectivity index (χ3n) is 2.92. The molecule has 0 aliphatic rings. The van der Waals surface area contributed by atoms with Gasteiger partial charge < -0.3 is 11.1 Å². The maximum absolute atomic E-state index is 10.8. The van der Waals surface area contributed by atoms with Crippen molar-refractivity contribution in [2.45, 2.75) is 6.17 Å². The fourth-order valence-corrected chi connectivity index (χ4v) is 1.98. The lowest BCUT2D eigenvalue weighted by Crippen LogP contribution is -2.22. The minimum Gasteiger partial charge on any atom is -0.388 e. The number of nitrogens with zero attached hydrogens (tertiary/aromatic N) is 1. The fraction of sp³-hybridized carbons (Fsp3) is 0.125. The molecule has 4 heteroatoms. The molecule has 0 radical (unpaired) electrons. The van der Waals surface area contributed by atoms with Crippen molar-refractivity contribution >= 4 is 17.7 Å². The molecule has 2 aromatic rings. The SMILES string of the molecule is CNc1ccccc1/C(=N\C(N)C=O)c1ccccc1. The average Bonchev–Trinajstić information content (AvgIpc) is 2.53. The van der Waals surface area contributed by atoms with Crippen LogP contribution in [-0.2, 0) is 4.79 Å². The number of nitrogens with one attached hydrogen (secondary N) is 1. The lowest BCUT2D eigenvalue weighted by Gasteiger charge is -2.13. The summed E-state index contributed by atoms with van der Waals surface area (Å²) in [6.45, 7) is 0. The molecule has 0 aromatic heterocycles. The number of benzene rings is 2. The number of para-hydroxylation sites is 1. The Kier molecular flexibility index (Phi) is 4.63. The van der Waals surface area contributed by atoms with E-state index in [1.807, 2.05) is 61.6 Å². The van der Waals surface area contributed by atoms with Crippen molar-refractivity contribution < 1.29 is 4.79 Å². The quantitative estimate of drug-likeness (QED) is 0.643. The van der Waals surface area contributed by atoms with Gasteiger partial charge in [0.05, 0.1) is 5.71 Å². The van der Waals surface area contributed by atoms with Crippen molar-refractivity contribution in [1.29, 1.82) is 0 Å². The van der Waals surface area contributed by atoms with Crippen molar-refractivity contribution in [3.8, 4) is 0 Å². The summed E-state index contributed by atoms with van der Waals surface area (Å²) in [4.78, 5) is 15.1. The zero-order valence-corrected chi connectivity index (χ0v) is 11.3. The number of nitrogens with two attached hydrogens (primary N) is 1. The van der Waals surface area contributed by atoms with Gasteiger partial charge in [0.1, 0.15) is 0 Å². The van der Waals surface area contributed by atoms with Gasteiger partial charge in [-0.05, 0) is 6.07 Å². The first kappa shape index (κ1) is 14.0. The van der Waals surface area contributed by atoms with Gasteiger partial charge in [0.2, 0.25) is 0 Å². The molecule has 0 aliphatic carbocycles. The van der Waals surface area contributed by atoms with Gasteiger partial charge in [0.25, 0.3) is 0 Å². The van der Waals surface area contributed by atoms with Gasteiger partial charge in [-0.25, -0.2) is 0 Å². The van der Waals surface area contributed by atoms with Crippen LogP contribution in [0.25, 0.3) is 0 Å². The molecule has 0 bridgehead atoms. The Morgan fingerprint density at radius 2 is 1.80 bits per heavy atom. The monoisotopic (exact) mass is 267 g/mol. The second-order valence-corrected chi connectivity index (χ2v) is 4.27. The van der Waals surface area contributed by atoms with Crippen LogP contribution in [0.15, 0.2) is 59.6 Å². The highest BCUT2D eigenvalue weighted by Crippen LogP contribution is 2.19. The normalized spacial score (nSPS) is 12.8. The zero-order chi connectivity index (χ0) is 14.4. The van der Waals surface area contributed by atoms with E-state index < -0.39 is 6.17 Å². The zero-order valence-electron chi connectivity index (χ0n) is 11.3. The maximum Gasteiger partial charge on any atom is 0.158 e. The summed E-state index contributed by atoms with van der Waals surface area (Å²) in [5, 5.41) is 3.13. The molecule has 4 nitrogen and oxygen atoms in total. The number of carbonyl (C=O) groups is 1. The van der Waals surface area contributed by atoms with E-state index in [1.54, 1.807) is 0 Å². The fourth-order valence-electron chi connectivity index (χ4n) is 1.98. The molecule has 0 fully saturated rings. The van der Waals surface area contributed by atoms with Gasteiger partial charge in [-0.1, -0.05) is 48.5 Å². The summed E-state index contributed by atoms with van der Waals surface area (Å²) in [6, 6.07) is 17.5. The molecule has 20 heavy (non-hydrogen) atoms. The van der Waals surface area contributed by atoms with Crippen LogP contribution in [0, 0.1) is 0 Å². The minimum atomic E-state index is -0.866. The van der Waals surface area contributed by atoms with Crippen molar-refractivity contribution in [3.05, 3.63) is 65.7 Å². The number of carbonyl (C=O) groups excluding carboxylic acids is 1.